The summed E-state index contributed by atoms with van der Waals surface area (Å²) >= 11 is 0. The molecule has 0 aromatic rings. The summed E-state index contributed by atoms with van der Waals surface area (Å²) in [6, 6.07) is 0. The summed E-state index contributed by atoms with van der Waals surface area (Å²) < 4.78 is 0. The zero-order chi connectivity index (χ0) is 12.1. The zero-order valence-corrected chi connectivity index (χ0v) is 10.1. The van der Waals surface area contributed by atoms with Gasteiger partial charge in [0.25, 0.3) is 0 Å². The van der Waals surface area contributed by atoms with Crippen molar-refractivity contribution in [3.63, 3.8) is 0 Å². The van der Waals surface area contributed by atoms with E-state index in [1.807, 2.05) is 38.2 Å². The molecule has 0 amide bonds. The van der Waals surface area contributed by atoms with E-state index in [1.165, 1.54) is 0 Å². The van der Waals surface area contributed by atoms with Crippen molar-refractivity contribution in [1.82, 2.24) is 0 Å². The Morgan fingerprint density at radius 1 is 0.875 bits per heavy atom. The van der Waals surface area contributed by atoms with Crippen molar-refractivity contribution in [2.75, 3.05) is 0 Å². The first-order chi connectivity index (χ1) is 7.70. The molecule has 0 heterocycles. The molecule has 0 radical (unpaired) electrons. The highest BCUT2D eigenvalue weighted by atomic mass is 16.1. The molecular weight excluding hydrogens is 200 g/mol. The summed E-state index contributed by atoms with van der Waals surface area (Å²) in [6.07, 6.45) is 12.7. The molecule has 0 spiro atoms. The molecule has 0 aromatic heterocycles. The van der Waals surface area contributed by atoms with Gasteiger partial charge in [-0.1, -0.05) is 51.0 Å². The second-order valence-electron chi connectivity index (χ2n) is 4.53. The quantitative estimate of drug-likeness (QED) is 0.645. The molecule has 2 unspecified atom stereocenters. The van der Waals surface area contributed by atoms with Crippen molar-refractivity contribution in [3.05, 3.63) is 24.3 Å². The molecule has 16 heavy (non-hydrogen) atoms. The van der Waals surface area contributed by atoms with E-state index in [2.05, 4.69) is 0 Å². The highest BCUT2D eigenvalue weighted by Gasteiger charge is 2.47. The number of aldehydes is 2. The van der Waals surface area contributed by atoms with Crippen LogP contribution in [-0.2, 0) is 9.59 Å². The van der Waals surface area contributed by atoms with Crippen LogP contribution < -0.4 is 0 Å². The Labute approximate surface area is 97.4 Å². The van der Waals surface area contributed by atoms with Gasteiger partial charge in [-0.3, -0.25) is 0 Å². The first kappa shape index (κ1) is 12.9. The van der Waals surface area contributed by atoms with Gasteiger partial charge in [-0.2, -0.15) is 0 Å². The Bertz CT molecular complexity index is 285. The minimum Gasteiger partial charge on any atom is -0.302 e. The molecular formula is C14H20O2. The predicted octanol–water partition coefficient (Wildman–Crippen LogP) is 3.08. The van der Waals surface area contributed by atoms with Crippen molar-refractivity contribution in [2.45, 2.75) is 39.5 Å². The lowest BCUT2D eigenvalue weighted by atomic mass is 9.59. The minimum absolute atomic E-state index is 0.631. The fraction of sp³-hybridized carbons (Fsp3) is 0.571. The second-order valence-corrected chi connectivity index (χ2v) is 4.53. The summed E-state index contributed by atoms with van der Waals surface area (Å²) in [5.74, 6) is 0. The minimum atomic E-state index is -0.631. The maximum atomic E-state index is 11.5. The van der Waals surface area contributed by atoms with E-state index in [0.717, 1.165) is 38.3 Å². The monoisotopic (exact) mass is 220 g/mol. The number of allylic oxidation sites excluding steroid dienone is 4. The molecule has 0 saturated heterocycles. The van der Waals surface area contributed by atoms with Gasteiger partial charge in [-0.25, -0.2) is 0 Å². The lowest BCUT2D eigenvalue weighted by Crippen LogP contribution is -2.43. The highest BCUT2D eigenvalue weighted by molar-refractivity contribution is 5.78. The average Bonchev–Trinajstić information content (AvgIpc) is 2.32. The van der Waals surface area contributed by atoms with Gasteiger partial charge in [-0.05, 0) is 12.8 Å². The Hall–Kier alpha value is -1.18. The van der Waals surface area contributed by atoms with Gasteiger partial charge in [0.05, 0.1) is 10.8 Å². The van der Waals surface area contributed by atoms with E-state index in [-0.39, 0.29) is 0 Å². The molecule has 88 valence electrons. The van der Waals surface area contributed by atoms with Crippen LogP contribution in [0.15, 0.2) is 24.3 Å². The highest BCUT2D eigenvalue weighted by Crippen LogP contribution is 2.47. The van der Waals surface area contributed by atoms with Gasteiger partial charge in [0.15, 0.2) is 0 Å². The van der Waals surface area contributed by atoms with Gasteiger partial charge >= 0.3 is 0 Å². The van der Waals surface area contributed by atoms with E-state index in [0.29, 0.717) is 0 Å². The fourth-order valence-corrected chi connectivity index (χ4v) is 2.64. The topological polar surface area (TPSA) is 34.1 Å². The molecule has 0 aromatic carbocycles. The molecule has 1 aliphatic rings. The average molecular weight is 220 g/mol. The summed E-state index contributed by atoms with van der Waals surface area (Å²) in [7, 11) is 0. The molecule has 0 fully saturated rings. The zero-order valence-electron chi connectivity index (χ0n) is 10.1. The first-order valence-corrected chi connectivity index (χ1v) is 6.00. The van der Waals surface area contributed by atoms with Crippen molar-refractivity contribution in [1.29, 1.82) is 0 Å². The van der Waals surface area contributed by atoms with Crippen LogP contribution in [0, 0.1) is 10.8 Å². The van der Waals surface area contributed by atoms with Crippen LogP contribution in [0.3, 0.4) is 0 Å². The van der Waals surface area contributed by atoms with Crippen LogP contribution in [0.1, 0.15) is 39.5 Å². The summed E-state index contributed by atoms with van der Waals surface area (Å²) in [5.41, 5.74) is -1.26. The van der Waals surface area contributed by atoms with E-state index in [1.54, 1.807) is 0 Å². The normalized spacial score (nSPS) is 32.6. The fourth-order valence-electron chi connectivity index (χ4n) is 2.64. The van der Waals surface area contributed by atoms with Crippen molar-refractivity contribution in [2.24, 2.45) is 10.8 Å². The Morgan fingerprint density at radius 3 is 1.50 bits per heavy atom. The maximum Gasteiger partial charge on any atom is 0.131 e. The van der Waals surface area contributed by atoms with Crippen molar-refractivity contribution >= 4 is 12.6 Å². The van der Waals surface area contributed by atoms with Crippen LogP contribution >= 0.6 is 0 Å². The molecule has 2 heteroatoms. The number of rotatable bonds is 6. The Balaban J connectivity index is 3.19. The van der Waals surface area contributed by atoms with Crippen molar-refractivity contribution < 1.29 is 9.59 Å². The lowest BCUT2D eigenvalue weighted by molar-refractivity contribution is -0.128. The van der Waals surface area contributed by atoms with Crippen LogP contribution in [0.25, 0.3) is 0 Å². The molecule has 1 aliphatic carbocycles. The summed E-state index contributed by atoms with van der Waals surface area (Å²) in [4.78, 5) is 23.0. The third kappa shape index (κ3) is 1.89. The SMILES string of the molecule is CCCC1(C=O)C=CC=CC1(C=O)CCC. The van der Waals surface area contributed by atoms with E-state index in [9.17, 15) is 9.59 Å². The van der Waals surface area contributed by atoms with Gasteiger partial charge in [-0.15, -0.1) is 0 Å². The molecule has 0 saturated carbocycles. The Kier molecular flexibility index (Phi) is 4.22. The van der Waals surface area contributed by atoms with Gasteiger partial charge in [0.1, 0.15) is 12.6 Å². The molecule has 0 bridgehead atoms. The van der Waals surface area contributed by atoms with E-state index >= 15 is 0 Å². The molecule has 0 aliphatic heterocycles. The smallest absolute Gasteiger partial charge is 0.131 e. The van der Waals surface area contributed by atoms with Crippen LogP contribution in [0.2, 0.25) is 0 Å². The summed E-state index contributed by atoms with van der Waals surface area (Å²) in [6.45, 7) is 4.08. The first-order valence-electron chi connectivity index (χ1n) is 6.00. The number of hydrogen-bond acceptors (Lipinski definition) is 2. The van der Waals surface area contributed by atoms with Crippen LogP contribution in [0.5, 0.6) is 0 Å². The van der Waals surface area contributed by atoms with Gasteiger partial charge in [0.2, 0.25) is 0 Å². The van der Waals surface area contributed by atoms with Crippen molar-refractivity contribution in [3.8, 4) is 0 Å². The number of hydrogen-bond donors (Lipinski definition) is 0. The Morgan fingerprint density at radius 2 is 1.25 bits per heavy atom. The number of carbonyl (C=O) groups is 2. The van der Waals surface area contributed by atoms with Crippen LogP contribution in [0.4, 0.5) is 0 Å². The number of carbonyl (C=O) groups excluding carboxylic acids is 2. The van der Waals surface area contributed by atoms with Crippen LogP contribution in [-0.4, -0.2) is 12.6 Å². The van der Waals surface area contributed by atoms with Gasteiger partial charge in [0, 0.05) is 0 Å². The molecule has 0 N–H and O–H groups in total. The van der Waals surface area contributed by atoms with Gasteiger partial charge < -0.3 is 9.59 Å². The molecule has 2 nitrogen and oxygen atoms in total. The maximum absolute atomic E-state index is 11.5. The van der Waals surface area contributed by atoms with E-state index < -0.39 is 10.8 Å². The summed E-state index contributed by atoms with van der Waals surface area (Å²) in [5, 5.41) is 0. The third-order valence-corrected chi connectivity index (χ3v) is 3.51. The third-order valence-electron chi connectivity index (χ3n) is 3.51. The lowest BCUT2D eigenvalue weighted by Gasteiger charge is -2.41. The predicted molar refractivity (Wildman–Crippen MR) is 65.1 cm³/mol. The standard InChI is InChI=1S/C14H20O2/c1-3-7-13(11-15)9-5-6-10-14(13,12-16)8-4-2/h5-6,9-12H,3-4,7-8H2,1-2H3. The largest absolute Gasteiger partial charge is 0.302 e. The molecule has 1 rings (SSSR count). The molecule has 2 atom stereocenters. The second kappa shape index (κ2) is 5.24. The van der Waals surface area contributed by atoms with E-state index in [4.69, 9.17) is 0 Å².